The molecule has 1 N–H and O–H groups in total. The van der Waals surface area contributed by atoms with Crippen LogP contribution in [0.4, 0.5) is 5.69 Å². The second-order valence-corrected chi connectivity index (χ2v) is 6.52. The molecule has 1 aromatic heterocycles. The first-order valence-corrected chi connectivity index (χ1v) is 8.79. The third-order valence-corrected chi connectivity index (χ3v) is 4.75. The van der Waals surface area contributed by atoms with Crippen molar-refractivity contribution in [2.24, 2.45) is 0 Å². The molecule has 1 fully saturated rings. The first-order chi connectivity index (χ1) is 12.1. The lowest BCUT2D eigenvalue weighted by Crippen LogP contribution is -2.42. The molecule has 2 aromatic rings. The molecular formula is C19H26N4O2. The van der Waals surface area contributed by atoms with Crippen molar-refractivity contribution in [2.45, 2.75) is 33.4 Å². The summed E-state index contributed by atoms with van der Waals surface area (Å²) in [7, 11) is 0. The molecule has 2 heterocycles. The first kappa shape index (κ1) is 17.6. The molecule has 1 aromatic carbocycles. The van der Waals surface area contributed by atoms with Crippen molar-refractivity contribution < 1.29 is 9.53 Å². The summed E-state index contributed by atoms with van der Waals surface area (Å²) in [5.41, 5.74) is 4.25. The largest absolute Gasteiger partial charge is 0.371 e. The molecule has 3 rings (SSSR count). The molecule has 0 radical (unpaired) electrons. The molecule has 6 heteroatoms. The van der Waals surface area contributed by atoms with Crippen LogP contribution in [0.2, 0.25) is 0 Å². The van der Waals surface area contributed by atoms with Crippen molar-refractivity contribution in [3.8, 4) is 0 Å². The maximum absolute atomic E-state index is 12.4. The van der Waals surface area contributed by atoms with Gasteiger partial charge in [0.1, 0.15) is 0 Å². The Morgan fingerprint density at radius 3 is 3.00 bits per heavy atom. The monoisotopic (exact) mass is 342 g/mol. The predicted molar refractivity (Wildman–Crippen MR) is 97.6 cm³/mol. The third kappa shape index (κ3) is 4.27. The zero-order valence-corrected chi connectivity index (χ0v) is 15.2. The van der Waals surface area contributed by atoms with Gasteiger partial charge in [-0.05, 0) is 38.0 Å². The molecule has 1 aliphatic rings. The molecule has 6 nitrogen and oxygen atoms in total. The van der Waals surface area contributed by atoms with E-state index in [2.05, 4.69) is 22.2 Å². The minimum absolute atomic E-state index is 0.0126. The van der Waals surface area contributed by atoms with Crippen molar-refractivity contribution in [2.75, 3.05) is 31.6 Å². The molecule has 0 aliphatic carbocycles. The summed E-state index contributed by atoms with van der Waals surface area (Å²) in [5.74, 6) is 0.0126. The molecule has 1 amide bonds. The quantitative estimate of drug-likeness (QED) is 0.907. The van der Waals surface area contributed by atoms with Crippen LogP contribution in [-0.4, -0.2) is 46.8 Å². The SMILES string of the molecule is CCn1cc([C@@H]2CN(CC(=O)Nc3cccc(C)c3C)CCO2)cn1. The second kappa shape index (κ2) is 7.80. The summed E-state index contributed by atoms with van der Waals surface area (Å²) in [6.45, 7) is 9.44. The first-order valence-electron chi connectivity index (χ1n) is 8.79. The Kier molecular flexibility index (Phi) is 5.50. The molecule has 134 valence electrons. The Balaban J connectivity index is 1.58. The van der Waals surface area contributed by atoms with E-state index >= 15 is 0 Å². The van der Waals surface area contributed by atoms with Gasteiger partial charge in [-0.3, -0.25) is 14.4 Å². The highest BCUT2D eigenvalue weighted by molar-refractivity contribution is 5.93. The van der Waals surface area contributed by atoms with Crippen molar-refractivity contribution in [3.05, 3.63) is 47.3 Å². The van der Waals surface area contributed by atoms with E-state index in [1.165, 1.54) is 5.56 Å². The molecular weight excluding hydrogens is 316 g/mol. The average molecular weight is 342 g/mol. The Labute approximate surface area is 148 Å². The second-order valence-electron chi connectivity index (χ2n) is 6.52. The number of aromatic nitrogens is 2. The summed E-state index contributed by atoms with van der Waals surface area (Å²) in [4.78, 5) is 14.6. The number of anilines is 1. The number of ether oxygens (including phenoxy) is 1. The number of aryl methyl sites for hydroxylation is 2. The van der Waals surface area contributed by atoms with Crippen molar-refractivity contribution >= 4 is 11.6 Å². The van der Waals surface area contributed by atoms with E-state index in [1.807, 2.05) is 49.1 Å². The Hall–Kier alpha value is -2.18. The summed E-state index contributed by atoms with van der Waals surface area (Å²) >= 11 is 0. The smallest absolute Gasteiger partial charge is 0.238 e. The van der Waals surface area contributed by atoms with Crippen LogP contribution < -0.4 is 5.32 Å². The molecule has 0 saturated carbocycles. The van der Waals surface area contributed by atoms with Crippen LogP contribution in [0, 0.1) is 13.8 Å². The van der Waals surface area contributed by atoms with Gasteiger partial charge in [-0.2, -0.15) is 5.10 Å². The van der Waals surface area contributed by atoms with Crippen molar-refractivity contribution in [3.63, 3.8) is 0 Å². The molecule has 0 bridgehead atoms. The summed E-state index contributed by atoms with van der Waals surface area (Å²) < 4.78 is 7.75. The fourth-order valence-electron chi connectivity index (χ4n) is 3.05. The minimum Gasteiger partial charge on any atom is -0.371 e. The molecule has 1 saturated heterocycles. The standard InChI is InChI=1S/C19H26N4O2/c1-4-23-11-16(10-20-23)18-12-22(8-9-25-18)13-19(24)21-17-7-5-6-14(2)15(17)3/h5-7,10-11,18H,4,8-9,12-13H2,1-3H3,(H,21,24)/t18-/m0/s1. The number of amides is 1. The number of morpholine rings is 1. The lowest BCUT2D eigenvalue weighted by atomic mass is 10.1. The number of benzene rings is 1. The van der Waals surface area contributed by atoms with Gasteiger partial charge in [0.2, 0.25) is 5.91 Å². The van der Waals surface area contributed by atoms with E-state index in [0.29, 0.717) is 19.7 Å². The van der Waals surface area contributed by atoms with Gasteiger partial charge in [0, 0.05) is 37.1 Å². The number of hydrogen-bond acceptors (Lipinski definition) is 4. The maximum Gasteiger partial charge on any atom is 0.238 e. The van der Waals surface area contributed by atoms with E-state index in [4.69, 9.17) is 4.74 Å². The average Bonchev–Trinajstić information content (AvgIpc) is 3.08. The number of carbonyl (C=O) groups is 1. The predicted octanol–water partition coefficient (Wildman–Crippen LogP) is 2.53. The van der Waals surface area contributed by atoms with Gasteiger partial charge in [0.05, 0.1) is 25.5 Å². The minimum atomic E-state index is -0.0254. The molecule has 25 heavy (non-hydrogen) atoms. The van der Waals surface area contributed by atoms with Crippen molar-refractivity contribution in [1.29, 1.82) is 0 Å². The lowest BCUT2D eigenvalue weighted by Gasteiger charge is -2.32. The number of nitrogens with zero attached hydrogens (tertiary/aromatic N) is 3. The highest BCUT2D eigenvalue weighted by Crippen LogP contribution is 2.22. The van der Waals surface area contributed by atoms with Gasteiger partial charge in [-0.1, -0.05) is 12.1 Å². The van der Waals surface area contributed by atoms with E-state index < -0.39 is 0 Å². The summed E-state index contributed by atoms with van der Waals surface area (Å²) in [5, 5.41) is 7.34. The van der Waals surface area contributed by atoms with E-state index in [0.717, 1.165) is 29.9 Å². The summed E-state index contributed by atoms with van der Waals surface area (Å²) in [6.07, 6.45) is 3.85. The van der Waals surface area contributed by atoms with Gasteiger partial charge in [-0.25, -0.2) is 0 Å². The zero-order chi connectivity index (χ0) is 17.8. The van der Waals surface area contributed by atoms with Crippen LogP contribution in [0.3, 0.4) is 0 Å². The molecule has 0 unspecified atom stereocenters. The van der Waals surface area contributed by atoms with E-state index in [9.17, 15) is 4.79 Å². The Bertz CT molecular complexity index is 741. The van der Waals surface area contributed by atoms with Crippen LogP contribution in [0.5, 0.6) is 0 Å². The summed E-state index contributed by atoms with van der Waals surface area (Å²) in [6, 6.07) is 5.96. The zero-order valence-electron chi connectivity index (χ0n) is 15.2. The highest BCUT2D eigenvalue weighted by Gasteiger charge is 2.24. The van der Waals surface area contributed by atoms with Gasteiger partial charge in [-0.15, -0.1) is 0 Å². The fourth-order valence-corrected chi connectivity index (χ4v) is 3.05. The topological polar surface area (TPSA) is 59.4 Å². The van der Waals surface area contributed by atoms with Crippen LogP contribution in [0.15, 0.2) is 30.6 Å². The van der Waals surface area contributed by atoms with Gasteiger partial charge in [0.15, 0.2) is 0 Å². The lowest BCUT2D eigenvalue weighted by molar-refractivity contribution is -0.119. The molecule has 0 spiro atoms. The van der Waals surface area contributed by atoms with Gasteiger partial charge in [0.25, 0.3) is 0 Å². The molecule has 1 atom stereocenters. The van der Waals surface area contributed by atoms with Crippen LogP contribution in [0.1, 0.15) is 29.7 Å². The number of hydrogen-bond donors (Lipinski definition) is 1. The van der Waals surface area contributed by atoms with Crippen LogP contribution in [0.25, 0.3) is 0 Å². The van der Waals surface area contributed by atoms with Crippen LogP contribution >= 0.6 is 0 Å². The third-order valence-electron chi connectivity index (χ3n) is 4.75. The van der Waals surface area contributed by atoms with E-state index in [1.54, 1.807) is 0 Å². The number of nitrogens with one attached hydrogen (secondary N) is 1. The van der Waals surface area contributed by atoms with Crippen molar-refractivity contribution in [1.82, 2.24) is 14.7 Å². The fraction of sp³-hybridized carbons (Fsp3) is 0.474. The molecule has 1 aliphatic heterocycles. The van der Waals surface area contributed by atoms with Gasteiger partial charge < -0.3 is 10.1 Å². The number of carbonyl (C=O) groups excluding carboxylic acids is 1. The van der Waals surface area contributed by atoms with E-state index in [-0.39, 0.29) is 12.0 Å². The maximum atomic E-state index is 12.4. The number of rotatable bonds is 5. The Morgan fingerprint density at radius 2 is 2.24 bits per heavy atom. The highest BCUT2D eigenvalue weighted by atomic mass is 16.5. The van der Waals surface area contributed by atoms with Gasteiger partial charge >= 0.3 is 0 Å². The normalized spacial score (nSPS) is 18.3. The Morgan fingerprint density at radius 1 is 1.40 bits per heavy atom. The van der Waals surface area contributed by atoms with Crippen LogP contribution in [-0.2, 0) is 16.1 Å².